The predicted molar refractivity (Wildman–Crippen MR) is 96.0 cm³/mol. The van der Waals surface area contributed by atoms with Crippen LogP contribution in [0.1, 0.15) is 5.82 Å². The molecule has 0 radical (unpaired) electrons. The Morgan fingerprint density at radius 2 is 1.74 bits per heavy atom. The lowest BCUT2D eigenvalue weighted by atomic mass is 10.3. The van der Waals surface area contributed by atoms with Crippen LogP contribution < -0.4 is 10.2 Å². The Labute approximate surface area is 140 Å². The van der Waals surface area contributed by atoms with Gasteiger partial charge >= 0.3 is 0 Å². The van der Waals surface area contributed by atoms with Crippen LogP contribution in [-0.4, -0.2) is 17.0 Å². The lowest BCUT2D eigenvalue weighted by Gasteiger charge is -2.19. The van der Waals surface area contributed by atoms with E-state index in [1.807, 2.05) is 79.5 Å². The zero-order valence-corrected chi connectivity index (χ0v) is 13.7. The molecule has 0 aliphatic rings. The number of aromatic nitrogens is 2. The molecular weight excluding hydrogens is 308 g/mol. The molecule has 1 N–H and O–H groups in total. The topological polar surface area (TPSA) is 41.1 Å². The summed E-state index contributed by atoms with van der Waals surface area (Å²) in [5.74, 6) is 2.26. The molecule has 1 aromatic heterocycles. The summed E-state index contributed by atoms with van der Waals surface area (Å²) in [6.45, 7) is 1.88. The minimum Gasteiger partial charge on any atom is -0.340 e. The Balaban J connectivity index is 1.90. The molecule has 0 amide bonds. The Morgan fingerprint density at radius 1 is 0.957 bits per heavy atom. The van der Waals surface area contributed by atoms with Crippen molar-refractivity contribution in [2.45, 2.75) is 6.92 Å². The normalized spacial score (nSPS) is 10.4. The van der Waals surface area contributed by atoms with Crippen LogP contribution in [0.3, 0.4) is 0 Å². The molecule has 4 nitrogen and oxygen atoms in total. The third-order valence-electron chi connectivity index (χ3n) is 3.41. The number of anilines is 4. The quantitative estimate of drug-likeness (QED) is 0.737. The van der Waals surface area contributed by atoms with Gasteiger partial charge in [-0.15, -0.1) is 0 Å². The number of nitrogens with zero attached hydrogens (tertiary/aromatic N) is 3. The molecule has 1 heterocycles. The average Bonchev–Trinajstić information content (AvgIpc) is 2.54. The fraction of sp³-hybridized carbons (Fsp3) is 0.111. The van der Waals surface area contributed by atoms with Gasteiger partial charge in [-0.2, -0.15) is 0 Å². The number of benzene rings is 2. The second kappa shape index (κ2) is 6.67. The molecule has 0 unspecified atom stereocenters. The summed E-state index contributed by atoms with van der Waals surface area (Å²) in [4.78, 5) is 11.0. The van der Waals surface area contributed by atoms with Crippen LogP contribution >= 0.6 is 11.6 Å². The Kier molecular flexibility index (Phi) is 4.44. The third kappa shape index (κ3) is 3.79. The fourth-order valence-electron chi connectivity index (χ4n) is 2.29. The molecule has 116 valence electrons. The number of hydrogen-bond acceptors (Lipinski definition) is 4. The highest BCUT2D eigenvalue weighted by Crippen LogP contribution is 2.25. The van der Waals surface area contributed by atoms with E-state index in [1.165, 1.54) is 0 Å². The molecule has 0 atom stereocenters. The van der Waals surface area contributed by atoms with Gasteiger partial charge in [-0.3, -0.25) is 0 Å². The SMILES string of the molecule is Cc1nc(Nc2cccc(Cl)c2)cc(N(C)c2ccccc2)n1. The van der Waals surface area contributed by atoms with Gasteiger partial charge in [-0.1, -0.05) is 35.9 Å². The zero-order valence-electron chi connectivity index (χ0n) is 13.0. The average molecular weight is 325 g/mol. The van der Waals surface area contributed by atoms with Crippen LogP contribution in [0.4, 0.5) is 23.0 Å². The summed E-state index contributed by atoms with van der Waals surface area (Å²) < 4.78 is 0. The predicted octanol–water partition coefficient (Wildman–Crippen LogP) is 4.95. The molecule has 3 aromatic rings. The van der Waals surface area contributed by atoms with Gasteiger partial charge in [0.2, 0.25) is 0 Å². The van der Waals surface area contributed by atoms with Crippen molar-refractivity contribution in [2.75, 3.05) is 17.3 Å². The second-order valence-electron chi connectivity index (χ2n) is 5.19. The van der Waals surface area contributed by atoms with Crippen LogP contribution in [0.5, 0.6) is 0 Å². The van der Waals surface area contributed by atoms with Gasteiger partial charge in [0.25, 0.3) is 0 Å². The molecule has 0 aliphatic carbocycles. The third-order valence-corrected chi connectivity index (χ3v) is 3.64. The van der Waals surface area contributed by atoms with Crippen LogP contribution in [-0.2, 0) is 0 Å². The standard InChI is InChI=1S/C18H17ClN4/c1-13-20-17(22-15-8-6-7-14(19)11-15)12-18(21-13)23(2)16-9-4-3-5-10-16/h3-12H,1-2H3,(H,20,21,22). The van der Waals surface area contributed by atoms with Crippen molar-refractivity contribution >= 4 is 34.6 Å². The van der Waals surface area contributed by atoms with Gasteiger partial charge < -0.3 is 10.2 Å². The highest BCUT2D eigenvalue weighted by molar-refractivity contribution is 6.30. The summed E-state index contributed by atoms with van der Waals surface area (Å²) in [5.41, 5.74) is 1.96. The molecular formula is C18H17ClN4. The largest absolute Gasteiger partial charge is 0.340 e. The number of rotatable bonds is 4. The highest BCUT2D eigenvalue weighted by Gasteiger charge is 2.08. The maximum Gasteiger partial charge on any atom is 0.138 e. The van der Waals surface area contributed by atoms with Gasteiger partial charge in [0.05, 0.1) is 0 Å². The van der Waals surface area contributed by atoms with Crippen molar-refractivity contribution in [1.82, 2.24) is 9.97 Å². The molecule has 3 rings (SSSR count). The number of aryl methyl sites for hydroxylation is 1. The molecule has 0 aliphatic heterocycles. The van der Waals surface area contributed by atoms with E-state index in [0.29, 0.717) is 10.8 Å². The number of para-hydroxylation sites is 1. The second-order valence-corrected chi connectivity index (χ2v) is 5.62. The van der Waals surface area contributed by atoms with E-state index < -0.39 is 0 Å². The van der Waals surface area contributed by atoms with E-state index in [1.54, 1.807) is 0 Å². The van der Waals surface area contributed by atoms with Gasteiger partial charge in [-0.05, 0) is 37.3 Å². The summed E-state index contributed by atoms with van der Waals surface area (Å²) in [6, 6.07) is 19.6. The van der Waals surface area contributed by atoms with Gasteiger partial charge in [0.1, 0.15) is 17.5 Å². The molecule has 0 saturated heterocycles. The molecule has 0 fully saturated rings. The van der Waals surface area contributed by atoms with E-state index >= 15 is 0 Å². The van der Waals surface area contributed by atoms with E-state index in [9.17, 15) is 0 Å². The van der Waals surface area contributed by atoms with Crippen molar-refractivity contribution in [3.63, 3.8) is 0 Å². The molecule has 23 heavy (non-hydrogen) atoms. The monoisotopic (exact) mass is 324 g/mol. The first-order valence-corrected chi connectivity index (χ1v) is 7.67. The summed E-state index contributed by atoms with van der Waals surface area (Å²) >= 11 is 6.02. The van der Waals surface area contributed by atoms with Gasteiger partial charge in [0, 0.05) is 29.5 Å². The molecule has 0 bridgehead atoms. The van der Waals surface area contributed by atoms with Crippen molar-refractivity contribution in [1.29, 1.82) is 0 Å². The maximum atomic E-state index is 6.02. The van der Waals surface area contributed by atoms with E-state index in [0.717, 1.165) is 23.0 Å². The van der Waals surface area contributed by atoms with Crippen molar-refractivity contribution < 1.29 is 0 Å². The van der Waals surface area contributed by atoms with E-state index in [4.69, 9.17) is 11.6 Å². The number of hydrogen-bond donors (Lipinski definition) is 1. The summed E-state index contributed by atoms with van der Waals surface area (Å²) in [6.07, 6.45) is 0. The molecule has 0 saturated carbocycles. The molecule has 0 spiro atoms. The summed E-state index contributed by atoms with van der Waals surface area (Å²) in [7, 11) is 1.99. The van der Waals surface area contributed by atoms with E-state index in [2.05, 4.69) is 15.3 Å². The minimum atomic E-state index is 0.683. The Bertz CT molecular complexity index is 805. The zero-order chi connectivity index (χ0) is 16.2. The first-order chi connectivity index (χ1) is 11.1. The first kappa shape index (κ1) is 15.3. The smallest absolute Gasteiger partial charge is 0.138 e. The van der Waals surface area contributed by atoms with Crippen LogP contribution in [0.2, 0.25) is 5.02 Å². The Morgan fingerprint density at radius 3 is 2.48 bits per heavy atom. The van der Waals surface area contributed by atoms with Crippen LogP contribution in [0.15, 0.2) is 60.7 Å². The Hall–Kier alpha value is -2.59. The van der Waals surface area contributed by atoms with Crippen molar-refractivity contribution in [2.24, 2.45) is 0 Å². The summed E-state index contributed by atoms with van der Waals surface area (Å²) in [5, 5.41) is 3.95. The van der Waals surface area contributed by atoms with Gasteiger partial charge in [-0.25, -0.2) is 9.97 Å². The van der Waals surface area contributed by atoms with Crippen molar-refractivity contribution in [3.05, 3.63) is 71.5 Å². The highest BCUT2D eigenvalue weighted by atomic mass is 35.5. The van der Waals surface area contributed by atoms with Crippen molar-refractivity contribution in [3.8, 4) is 0 Å². The number of halogens is 1. The van der Waals surface area contributed by atoms with E-state index in [-0.39, 0.29) is 0 Å². The van der Waals surface area contributed by atoms with Crippen LogP contribution in [0.25, 0.3) is 0 Å². The minimum absolute atomic E-state index is 0.683. The lowest BCUT2D eigenvalue weighted by Crippen LogP contribution is -2.12. The first-order valence-electron chi connectivity index (χ1n) is 7.29. The fourth-order valence-corrected chi connectivity index (χ4v) is 2.48. The molecule has 2 aromatic carbocycles. The molecule has 5 heteroatoms. The van der Waals surface area contributed by atoms with Crippen LogP contribution in [0, 0.1) is 6.92 Å². The number of nitrogens with one attached hydrogen (secondary N) is 1. The van der Waals surface area contributed by atoms with Gasteiger partial charge in [0.15, 0.2) is 0 Å². The lowest BCUT2D eigenvalue weighted by molar-refractivity contribution is 1.02. The maximum absolute atomic E-state index is 6.02.